The topological polar surface area (TPSA) is 100 Å². The quantitative estimate of drug-likeness (QED) is 0.511. The fourth-order valence-corrected chi connectivity index (χ4v) is 2.68. The lowest BCUT2D eigenvalue weighted by Gasteiger charge is -1.96. The molecule has 0 radical (unpaired) electrons. The van der Waals surface area contributed by atoms with Crippen LogP contribution in [0.25, 0.3) is 28.3 Å². The van der Waals surface area contributed by atoms with E-state index >= 15 is 0 Å². The van der Waals surface area contributed by atoms with Crippen LogP contribution in [0.3, 0.4) is 0 Å². The van der Waals surface area contributed by atoms with Crippen LogP contribution in [0.4, 0.5) is 0 Å². The Morgan fingerprint density at radius 2 is 1.96 bits per heavy atom. The van der Waals surface area contributed by atoms with Gasteiger partial charge in [0, 0.05) is 17.6 Å². The van der Waals surface area contributed by atoms with Crippen molar-refractivity contribution in [3.63, 3.8) is 0 Å². The molecule has 1 aromatic carbocycles. The van der Waals surface area contributed by atoms with Crippen LogP contribution in [-0.2, 0) is 23.0 Å². The molecule has 126 valence electrons. The molecule has 0 spiro atoms. The standard InChI is InChI=1S/C15H12ClN7O2/c1-22-14-12(10(20-22)7-11(24)25-2)18-19-15-17-13(21-23(14)15)8-3-5-9(16)6-4-8/h3-6H,7H2,1-2H3. The molecule has 9 nitrogen and oxygen atoms in total. The minimum absolute atomic E-state index is 0.00671. The summed E-state index contributed by atoms with van der Waals surface area (Å²) in [4.78, 5) is 15.9. The Morgan fingerprint density at radius 1 is 1.20 bits per heavy atom. The maximum atomic E-state index is 11.5. The van der Waals surface area contributed by atoms with Gasteiger partial charge in [-0.1, -0.05) is 11.6 Å². The van der Waals surface area contributed by atoms with Gasteiger partial charge in [-0.15, -0.1) is 15.3 Å². The van der Waals surface area contributed by atoms with Crippen molar-refractivity contribution in [1.82, 2.24) is 34.6 Å². The van der Waals surface area contributed by atoms with Gasteiger partial charge in [0.05, 0.1) is 13.5 Å². The number of carbonyl (C=O) groups is 1. The highest BCUT2D eigenvalue weighted by Gasteiger charge is 2.19. The van der Waals surface area contributed by atoms with Crippen LogP contribution in [0.1, 0.15) is 5.69 Å². The summed E-state index contributed by atoms with van der Waals surface area (Å²) in [5.74, 6) is 0.432. The number of nitrogens with zero attached hydrogens (tertiary/aromatic N) is 7. The highest BCUT2D eigenvalue weighted by molar-refractivity contribution is 6.30. The summed E-state index contributed by atoms with van der Waals surface area (Å²) in [5.41, 5.74) is 2.35. The number of aryl methyl sites for hydroxylation is 1. The van der Waals surface area contributed by atoms with Crippen LogP contribution in [0, 0.1) is 0 Å². The number of rotatable bonds is 3. The highest BCUT2D eigenvalue weighted by Crippen LogP contribution is 2.21. The van der Waals surface area contributed by atoms with E-state index in [0.717, 1.165) is 5.56 Å². The third-order valence-electron chi connectivity index (χ3n) is 3.73. The summed E-state index contributed by atoms with van der Waals surface area (Å²) >= 11 is 5.92. The molecule has 0 unspecified atom stereocenters. The average Bonchev–Trinajstić information content (AvgIpc) is 3.16. The van der Waals surface area contributed by atoms with Gasteiger partial charge < -0.3 is 4.74 Å². The first-order valence-corrected chi connectivity index (χ1v) is 7.72. The van der Waals surface area contributed by atoms with Crippen molar-refractivity contribution >= 4 is 34.5 Å². The van der Waals surface area contributed by atoms with Crippen LogP contribution in [0.2, 0.25) is 5.02 Å². The number of benzene rings is 1. The summed E-state index contributed by atoms with van der Waals surface area (Å²) in [6.07, 6.45) is 0.00671. The Kier molecular flexibility index (Phi) is 3.57. The van der Waals surface area contributed by atoms with E-state index < -0.39 is 5.97 Å². The van der Waals surface area contributed by atoms with Gasteiger partial charge in [-0.25, -0.2) is 4.68 Å². The summed E-state index contributed by atoms with van der Waals surface area (Å²) in [7, 11) is 3.07. The van der Waals surface area contributed by atoms with E-state index in [9.17, 15) is 4.79 Å². The van der Waals surface area contributed by atoms with Crippen molar-refractivity contribution in [2.45, 2.75) is 6.42 Å². The molecule has 0 fully saturated rings. The first kappa shape index (κ1) is 15.5. The van der Waals surface area contributed by atoms with Crippen molar-refractivity contribution in [3.05, 3.63) is 35.0 Å². The molecule has 3 heterocycles. The van der Waals surface area contributed by atoms with Crippen LogP contribution in [0.15, 0.2) is 24.3 Å². The molecular weight excluding hydrogens is 346 g/mol. The first-order valence-electron chi connectivity index (χ1n) is 7.34. The van der Waals surface area contributed by atoms with E-state index in [1.165, 1.54) is 7.11 Å². The molecule has 0 N–H and O–H groups in total. The van der Waals surface area contributed by atoms with Crippen LogP contribution >= 0.6 is 11.6 Å². The number of carbonyl (C=O) groups excluding carboxylic acids is 1. The third kappa shape index (κ3) is 2.58. The molecule has 0 saturated carbocycles. The maximum absolute atomic E-state index is 11.5. The van der Waals surface area contributed by atoms with Gasteiger partial charge in [-0.3, -0.25) is 4.79 Å². The summed E-state index contributed by atoms with van der Waals surface area (Å²) in [6.45, 7) is 0. The number of ether oxygens (including phenoxy) is 1. The Balaban J connectivity index is 1.89. The fourth-order valence-electron chi connectivity index (χ4n) is 2.55. The zero-order valence-electron chi connectivity index (χ0n) is 13.3. The highest BCUT2D eigenvalue weighted by atomic mass is 35.5. The van der Waals surface area contributed by atoms with Gasteiger partial charge >= 0.3 is 5.97 Å². The van der Waals surface area contributed by atoms with E-state index in [4.69, 9.17) is 11.6 Å². The van der Waals surface area contributed by atoms with E-state index in [2.05, 4.69) is 30.1 Å². The summed E-state index contributed by atoms with van der Waals surface area (Å²) < 4.78 is 7.84. The Bertz CT molecular complexity index is 1100. The number of halogens is 1. The SMILES string of the molecule is COC(=O)Cc1nn(C)c2c1nnc1nc(-c3ccc(Cl)cc3)nn12. The number of esters is 1. The molecule has 0 aliphatic carbocycles. The molecule has 0 aliphatic heterocycles. The van der Waals surface area contributed by atoms with Crippen LogP contribution in [0.5, 0.6) is 0 Å². The van der Waals surface area contributed by atoms with Crippen LogP contribution in [-0.4, -0.2) is 47.7 Å². The molecule has 4 rings (SSSR count). The normalized spacial score (nSPS) is 11.3. The molecular formula is C15H12ClN7O2. The zero-order chi connectivity index (χ0) is 17.6. The molecule has 0 atom stereocenters. The summed E-state index contributed by atoms with van der Waals surface area (Å²) in [5, 5.41) is 17.7. The molecule has 10 heteroatoms. The van der Waals surface area contributed by atoms with Gasteiger partial charge in [0.2, 0.25) is 0 Å². The first-order chi connectivity index (χ1) is 12.1. The van der Waals surface area contributed by atoms with Crippen molar-refractivity contribution < 1.29 is 9.53 Å². The van der Waals surface area contributed by atoms with Gasteiger partial charge in [0.25, 0.3) is 5.78 Å². The molecule has 0 saturated heterocycles. The van der Waals surface area contributed by atoms with Gasteiger partial charge in [-0.05, 0) is 24.3 Å². The zero-order valence-corrected chi connectivity index (χ0v) is 14.1. The number of fused-ring (bicyclic) bond motifs is 3. The van der Waals surface area contributed by atoms with E-state index in [-0.39, 0.29) is 6.42 Å². The second kappa shape index (κ2) is 5.78. The smallest absolute Gasteiger partial charge is 0.311 e. The van der Waals surface area contributed by atoms with Crippen molar-refractivity contribution in [1.29, 1.82) is 0 Å². The van der Waals surface area contributed by atoms with E-state index in [1.807, 2.05) is 12.1 Å². The van der Waals surface area contributed by atoms with Gasteiger partial charge in [-0.2, -0.15) is 14.6 Å². The third-order valence-corrected chi connectivity index (χ3v) is 3.99. The molecule has 25 heavy (non-hydrogen) atoms. The predicted octanol–water partition coefficient (Wildman–Crippen LogP) is 1.44. The monoisotopic (exact) mass is 357 g/mol. The number of methoxy groups -OCH3 is 1. The molecule has 3 aromatic heterocycles. The lowest BCUT2D eigenvalue weighted by molar-refractivity contribution is -0.139. The fraction of sp³-hybridized carbons (Fsp3) is 0.200. The van der Waals surface area contributed by atoms with E-state index in [0.29, 0.717) is 33.5 Å². The lowest BCUT2D eigenvalue weighted by Crippen LogP contribution is -2.06. The average molecular weight is 358 g/mol. The lowest BCUT2D eigenvalue weighted by atomic mass is 10.2. The largest absolute Gasteiger partial charge is 0.469 e. The maximum Gasteiger partial charge on any atom is 0.311 e. The van der Waals surface area contributed by atoms with Crippen molar-refractivity contribution in [3.8, 4) is 11.4 Å². The van der Waals surface area contributed by atoms with Crippen LogP contribution < -0.4 is 0 Å². The molecule has 4 aromatic rings. The van der Waals surface area contributed by atoms with Gasteiger partial charge in [0.1, 0.15) is 5.69 Å². The Hall–Kier alpha value is -3.07. The Labute approximate surface area is 146 Å². The minimum atomic E-state index is -0.401. The number of aromatic nitrogens is 7. The number of hydrogen-bond acceptors (Lipinski definition) is 7. The molecule has 0 bridgehead atoms. The van der Waals surface area contributed by atoms with E-state index in [1.54, 1.807) is 28.4 Å². The number of hydrogen-bond donors (Lipinski definition) is 0. The second-order valence-electron chi connectivity index (χ2n) is 5.35. The predicted molar refractivity (Wildman–Crippen MR) is 89.0 cm³/mol. The minimum Gasteiger partial charge on any atom is -0.469 e. The second-order valence-corrected chi connectivity index (χ2v) is 5.79. The van der Waals surface area contributed by atoms with Crippen molar-refractivity contribution in [2.24, 2.45) is 7.05 Å². The molecule has 0 amide bonds. The van der Waals surface area contributed by atoms with Gasteiger partial charge in [0.15, 0.2) is 17.0 Å². The Morgan fingerprint density at radius 3 is 2.68 bits per heavy atom. The van der Waals surface area contributed by atoms with Crippen molar-refractivity contribution in [2.75, 3.05) is 7.11 Å². The summed E-state index contributed by atoms with van der Waals surface area (Å²) in [6, 6.07) is 7.19. The molecule has 0 aliphatic rings.